The van der Waals surface area contributed by atoms with E-state index < -0.39 is 23.4 Å². The van der Waals surface area contributed by atoms with E-state index in [0.717, 1.165) is 12.1 Å². The van der Waals surface area contributed by atoms with Crippen molar-refractivity contribution in [3.63, 3.8) is 0 Å². The predicted octanol–water partition coefficient (Wildman–Crippen LogP) is 4.25. The van der Waals surface area contributed by atoms with Gasteiger partial charge in [-0.25, -0.2) is 5.01 Å². The van der Waals surface area contributed by atoms with Crippen LogP contribution in [0.15, 0.2) is 54.9 Å². The Kier molecular flexibility index (Phi) is 5.40. The highest BCUT2D eigenvalue weighted by atomic mass is 19.4. The summed E-state index contributed by atoms with van der Waals surface area (Å²) in [7, 11) is 0. The minimum atomic E-state index is -4.43. The van der Waals surface area contributed by atoms with Gasteiger partial charge in [0.2, 0.25) is 5.91 Å². The number of carbonyl (C=O) groups excluding carboxylic acids is 1. The molecule has 1 aromatic carbocycles. The van der Waals surface area contributed by atoms with E-state index in [1.54, 1.807) is 50.2 Å². The maximum Gasteiger partial charge on any atom is 0.416 e. The molecule has 1 aliphatic heterocycles. The van der Waals surface area contributed by atoms with Crippen LogP contribution < -0.4 is 5.01 Å². The molecule has 1 aliphatic rings. The van der Waals surface area contributed by atoms with E-state index in [1.807, 2.05) is 0 Å². The molecule has 1 amide bonds. The molecule has 1 atom stereocenters. The van der Waals surface area contributed by atoms with Gasteiger partial charge in [0.1, 0.15) is 0 Å². The van der Waals surface area contributed by atoms with Crippen molar-refractivity contribution in [2.75, 3.05) is 5.01 Å². The van der Waals surface area contributed by atoms with E-state index in [9.17, 15) is 23.1 Å². The molecule has 0 spiro atoms. The average molecular weight is 405 g/mol. The highest BCUT2D eigenvalue weighted by Crippen LogP contribution is 2.36. The van der Waals surface area contributed by atoms with Gasteiger partial charge in [-0.05, 0) is 56.7 Å². The van der Waals surface area contributed by atoms with Crippen LogP contribution in [0.3, 0.4) is 0 Å². The quantitative estimate of drug-likeness (QED) is 0.826. The van der Waals surface area contributed by atoms with Gasteiger partial charge >= 0.3 is 6.18 Å². The first-order chi connectivity index (χ1) is 13.5. The first kappa shape index (κ1) is 20.9. The number of carbonyl (C=O) groups is 1. The number of aromatic nitrogens is 1. The number of hydrogen-bond acceptors (Lipinski definition) is 4. The fraction of sp³-hybridized carbons (Fsp3) is 0.333. The van der Waals surface area contributed by atoms with Gasteiger partial charge in [0, 0.05) is 12.6 Å². The topological polar surface area (TPSA) is 56.7 Å². The summed E-state index contributed by atoms with van der Waals surface area (Å²) in [6, 6.07) is 7.59. The fourth-order valence-electron chi connectivity index (χ4n) is 3.10. The zero-order valence-corrected chi connectivity index (χ0v) is 16.3. The van der Waals surface area contributed by atoms with Gasteiger partial charge in [-0.1, -0.05) is 12.1 Å². The summed E-state index contributed by atoms with van der Waals surface area (Å²) in [4.78, 5) is 16.8. The average Bonchev–Trinajstić information content (AvgIpc) is 2.66. The molecule has 5 nitrogen and oxygen atoms in total. The molecule has 0 saturated carbocycles. The number of hydrogen-bond donors (Lipinski definition) is 1. The van der Waals surface area contributed by atoms with Gasteiger partial charge in [-0.15, -0.1) is 0 Å². The molecule has 29 heavy (non-hydrogen) atoms. The molecule has 8 heteroatoms. The Morgan fingerprint density at radius 3 is 2.31 bits per heavy atom. The fourth-order valence-corrected chi connectivity index (χ4v) is 3.10. The van der Waals surface area contributed by atoms with Crippen LogP contribution in [0.5, 0.6) is 0 Å². The van der Waals surface area contributed by atoms with Crippen molar-refractivity contribution >= 4 is 17.3 Å². The van der Waals surface area contributed by atoms with Gasteiger partial charge in [0.05, 0.1) is 34.8 Å². The highest BCUT2D eigenvalue weighted by Gasteiger charge is 2.39. The van der Waals surface area contributed by atoms with Crippen LogP contribution in [-0.4, -0.2) is 32.6 Å². The molecule has 3 rings (SSSR count). The predicted molar refractivity (Wildman–Crippen MR) is 103 cm³/mol. The van der Waals surface area contributed by atoms with Crippen molar-refractivity contribution in [2.45, 2.75) is 45.0 Å². The van der Waals surface area contributed by atoms with Crippen LogP contribution in [0.1, 0.15) is 38.3 Å². The molecule has 1 aromatic heterocycles. The number of benzene rings is 1. The summed E-state index contributed by atoms with van der Waals surface area (Å²) in [6.07, 6.45) is 0.406. The van der Waals surface area contributed by atoms with E-state index in [0.29, 0.717) is 16.9 Å². The summed E-state index contributed by atoms with van der Waals surface area (Å²) >= 11 is 0. The molecule has 0 radical (unpaired) electrons. The summed E-state index contributed by atoms with van der Waals surface area (Å²) in [6.45, 7) is 4.98. The molecule has 1 N–H and O–H groups in total. The van der Waals surface area contributed by atoms with E-state index >= 15 is 0 Å². The normalized spacial score (nSPS) is 16.7. The Bertz CT molecular complexity index is 904. The lowest BCUT2D eigenvalue weighted by Gasteiger charge is -2.47. The van der Waals surface area contributed by atoms with Gasteiger partial charge in [-0.3, -0.25) is 14.8 Å². The molecular weight excluding hydrogens is 383 g/mol. The van der Waals surface area contributed by atoms with Crippen molar-refractivity contribution in [1.82, 2.24) is 9.99 Å². The second-order valence-corrected chi connectivity index (χ2v) is 7.46. The second-order valence-electron chi connectivity index (χ2n) is 7.46. The standard InChI is InChI=1S/C21H22F3N3O2/c1-14(20(2,3)29)26-18(15-6-8-16(9-7-15)21(22,23)24)10-11-19(28)27(26)17-5-4-12-25-13-17/h4-10,12-14,29H,11H2,1-3H3/t14-/m1/s1. The summed E-state index contributed by atoms with van der Waals surface area (Å²) in [5, 5.41) is 13.7. The Balaban J connectivity index is 2.10. The Labute approximate surface area is 167 Å². The molecule has 2 aromatic rings. The van der Waals surface area contributed by atoms with Gasteiger partial charge in [-0.2, -0.15) is 13.2 Å². The third-order valence-electron chi connectivity index (χ3n) is 4.96. The van der Waals surface area contributed by atoms with Gasteiger partial charge in [0.25, 0.3) is 0 Å². The minimum Gasteiger partial charge on any atom is -0.388 e. The number of anilines is 1. The van der Waals surface area contributed by atoms with Crippen LogP contribution in [0.4, 0.5) is 18.9 Å². The van der Waals surface area contributed by atoms with E-state index in [1.165, 1.54) is 23.3 Å². The number of amides is 1. The van der Waals surface area contributed by atoms with Crippen molar-refractivity contribution in [1.29, 1.82) is 0 Å². The third kappa shape index (κ3) is 4.27. The third-order valence-corrected chi connectivity index (χ3v) is 4.96. The Morgan fingerprint density at radius 2 is 1.79 bits per heavy atom. The van der Waals surface area contributed by atoms with Gasteiger partial charge in [0.15, 0.2) is 0 Å². The molecule has 0 fully saturated rings. The van der Waals surface area contributed by atoms with E-state index in [4.69, 9.17) is 0 Å². The van der Waals surface area contributed by atoms with Crippen molar-refractivity contribution < 1.29 is 23.1 Å². The maximum atomic E-state index is 12.9. The summed E-state index contributed by atoms with van der Waals surface area (Å²) in [5.74, 6) is -0.232. The Morgan fingerprint density at radius 1 is 1.14 bits per heavy atom. The summed E-state index contributed by atoms with van der Waals surface area (Å²) < 4.78 is 38.8. The first-order valence-electron chi connectivity index (χ1n) is 9.12. The molecule has 0 unspecified atom stereocenters. The lowest BCUT2D eigenvalue weighted by atomic mass is 9.97. The van der Waals surface area contributed by atoms with E-state index in [-0.39, 0.29) is 12.3 Å². The number of halogens is 3. The lowest BCUT2D eigenvalue weighted by molar-refractivity contribution is -0.137. The molecule has 2 heterocycles. The maximum absolute atomic E-state index is 12.9. The van der Waals surface area contributed by atoms with Crippen molar-refractivity contribution in [2.24, 2.45) is 0 Å². The second kappa shape index (κ2) is 7.51. The summed E-state index contributed by atoms with van der Waals surface area (Å²) in [5.41, 5.74) is -0.401. The van der Waals surface area contributed by atoms with Crippen LogP contribution in [0.2, 0.25) is 0 Å². The minimum absolute atomic E-state index is 0.0698. The van der Waals surface area contributed by atoms with Gasteiger partial charge < -0.3 is 5.11 Å². The molecule has 154 valence electrons. The monoisotopic (exact) mass is 405 g/mol. The van der Waals surface area contributed by atoms with Crippen LogP contribution >= 0.6 is 0 Å². The number of alkyl halides is 3. The number of rotatable bonds is 4. The molecular formula is C21H22F3N3O2. The highest BCUT2D eigenvalue weighted by molar-refractivity contribution is 5.97. The SMILES string of the molecule is C[C@@H](N1C(c2ccc(C(F)(F)F)cc2)=CCC(=O)N1c1cccnc1)C(C)(C)O. The smallest absolute Gasteiger partial charge is 0.388 e. The first-order valence-corrected chi connectivity index (χ1v) is 9.12. The van der Waals surface area contributed by atoms with Crippen molar-refractivity contribution in [3.8, 4) is 0 Å². The van der Waals surface area contributed by atoms with Crippen LogP contribution in [0.25, 0.3) is 5.70 Å². The zero-order valence-electron chi connectivity index (χ0n) is 16.3. The molecule has 0 aliphatic carbocycles. The number of pyridine rings is 1. The lowest BCUT2D eigenvalue weighted by Crippen LogP contribution is -2.58. The Hall–Kier alpha value is -2.87. The number of hydrazine groups is 1. The number of nitrogens with zero attached hydrogens (tertiary/aromatic N) is 3. The largest absolute Gasteiger partial charge is 0.416 e. The van der Waals surface area contributed by atoms with Crippen LogP contribution in [0, 0.1) is 0 Å². The van der Waals surface area contributed by atoms with Crippen LogP contribution in [-0.2, 0) is 11.0 Å². The zero-order chi connectivity index (χ0) is 21.4. The van der Waals surface area contributed by atoms with E-state index in [2.05, 4.69) is 4.98 Å². The number of aliphatic hydroxyl groups is 1. The molecule has 0 saturated heterocycles. The molecule has 0 bridgehead atoms. The van der Waals surface area contributed by atoms with Crippen molar-refractivity contribution in [3.05, 3.63) is 66.0 Å².